The molecule has 0 N–H and O–H groups in total. The largest absolute Gasteiger partial charge is 0.489 e. The first-order valence-electron chi connectivity index (χ1n) is 6.15. The van der Waals surface area contributed by atoms with Crippen LogP contribution in [0.3, 0.4) is 0 Å². The van der Waals surface area contributed by atoms with E-state index >= 15 is 0 Å². The van der Waals surface area contributed by atoms with Gasteiger partial charge in [-0.1, -0.05) is 17.9 Å². The first-order valence-corrected chi connectivity index (χ1v) is 6.68. The number of pyridine rings is 1. The maximum absolute atomic E-state index is 13.5. The number of hydrogen-bond acceptors (Lipinski definition) is 2. The van der Waals surface area contributed by atoms with Crippen molar-refractivity contribution in [1.82, 2.24) is 4.98 Å². The summed E-state index contributed by atoms with van der Waals surface area (Å²) in [5, 5.41) is 0. The van der Waals surface area contributed by atoms with Gasteiger partial charge in [0, 0.05) is 41.9 Å². The molecule has 102 valence electrons. The molecular formula is C16H13ClFNO. The molecule has 0 aliphatic carbocycles. The zero-order chi connectivity index (χ0) is 14.2. The van der Waals surface area contributed by atoms with Crippen molar-refractivity contribution in [2.24, 2.45) is 0 Å². The molecule has 20 heavy (non-hydrogen) atoms. The van der Waals surface area contributed by atoms with Crippen LogP contribution in [0.1, 0.15) is 17.5 Å². The predicted molar refractivity (Wildman–Crippen MR) is 77.2 cm³/mol. The van der Waals surface area contributed by atoms with E-state index in [1.807, 2.05) is 12.1 Å². The van der Waals surface area contributed by atoms with Crippen LogP contribution in [0.15, 0.2) is 42.7 Å². The van der Waals surface area contributed by atoms with Crippen LogP contribution in [0, 0.1) is 17.7 Å². The van der Waals surface area contributed by atoms with Crippen molar-refractivity contribution in [3.05, 3.63) is 59.7 Å². The highest BCUT2D eigenvalue weighted by atomic mass is 35.5. The SMILES string of the molecule is Fc1cc(C#CCCCl)cc(OCc2cccnc2)c1. The number of halogens is 2. The Labute approximate surface area is 122 Å². The summed E-state index contributed by atoms with van der Waals surface area (Å²) < 4.78 is 19.0. The van der Waals surface area contributed by atoms with E-state index in [9.17, 15) is 4.39 Å². The van der Waals surface area contributed by atoms with Gasteiger partial charge in [-0.3, -0.25) is 4.98 Å². The molecule has 2 nitrogen and oxygen atoms in total. The molecule has 0 unspecified atom stereocenters. The molecule has 4 heteroatoms. The lowest BCUT2D eigenvalue weighted by atomic mass is 10.2. The number of hydrogen-bond donors (Lipinski definition) is 0. The topological polar surface area (TPSA) is 22.1 Å². The number of ether oxygens (including phenoxy) is 1. The Bertz CT molecular complexity index is 619. The van der Waals surface area contributed by atoms with E-state index in [1.54, 1.807) is 18.5 Å². The highest BCUT2D eigenvalue weighted by Crippen LogP contribution is 2.17. The lowest BCUT2D eigenvalue weighted by Gasteiger charge is -2.06. The van der Waals surface area contributed by atoms with E-state index in [1.165, 1.54) is 12.1 Å². The molecule has 0 spiro atoms. The summed E-state index contributed by atoms with van der Waals surface area (Å²) in [5.74, 6) is 6.27. The minimum absolute atomic E-state index is 0.339. The summed E-state index contributed by atoms with van der Waals surface area (Å²) in [6.07, 6.45) is 3.97. The third kappa shape index (κ3) is 4.56. The van der Waals surface area contributed by atoms with Gasteiger partial charge in [-0.05, 0) is 18.2 Å². The summed E-state index contributed by atoms with van der Waals surface area (Å²) in [6, 6.07) is 8.14. The van der Waals surface area contributed by atoms with Crippen molar-refractivity contribution in [2.75, 3.05) is 5.88 Å². The Kier molecular flexibility index (Phi) is 5.40. The van der Waals surface area contributed by atoms with Crippen molar-refractivity contribution < 1.29 is 9.13 Å². The molecule has 1 heterocycles. The van der Waals surface area contributed by atoms with E-state index in [0.717, 1.165) is 5.56 Å². The average Bonchev–Trinajstić information content (AvgIpc) is 2.46. The Balaban J connectivity index is 2.06. The summed E-state index contributed by atoms with van der Waals surface area (Å²) >= 11 is 5.54. The third-order valence-electron chi connectivity index (χ3n) is 2.45. The van der Waals surface area contributed by atoms with E-state index in [2.05, 4.69) is 16.8 Å². The standard InChI is InChI=1S/C16H13ClFNO/c17-6-2-1-4-13-8-15(18)10-16(9-13)20-12-14-5-3-7-19-11-14/h3,5,7-11H,2,6,12H2. The van der Waals surface area contributed by atoms with Crippen molar-refractivity contribution in [2.45, 2.75) is 13.0 Å². The predicted octanol–water partition coefficient (Wildman–Crippen LogP) is 3.78. The molecule has 1 aromatic heterocycles. The number of benzene rings is 1. The minimum Gasteiger partial charge on any atom is -0.489 e. The van der Waals surface area contributed by atoms with Crippen LogP contribution in [-0.2, 0) is 6.61 Å². The number of rotatable bonds is 4. The van der Waals surface area contributed by atoms with Gasteiger partial charge >= 0.3 is 0 Å². The van der Waals surface area contributed by atoms with Gasteiger partial charge in [0.2, 0.25) is 0 Å². The molecular weight excluding hydrogens is 277 g/mol. The van der Waals surface area contributed by atoms with E-state index in [-0.39, 0.29) is 5.82 Å². The van der Waals surface area contributed by atoms with E-state index < -0.39 is 0 Å². The molecule has 0 amide bonds. The van der Waals surface area contributed by atoms with Crippen molar-refractivity contribution in [3.63, 3.8) is 0 Å². The smallest absolute Gasteiger partial charge is 0.128 e. The van der Waals surface area contributed by atoms with Gasteiger partial charge in [0.05, 0.1) is 0 Å². The van der Waals surface area contributed by atoms with Gasteiger partial charge in [-0.2, -0.15) is 0 Å². The molecule has 0 saturated heterocycles. The zero-order valence-electron chi connectivity index (χ0n) is 10.8. The molecule has 0 fully saturated rings. The summed E-state index contributed by atoms with van der Waals surface area (Å²) in [6.45, 7) is 0.339. The third-order valence-corrected chi connectivity index (χ3v) is 2.64. The maximum Gasteiger partial charge on any atom is 0.128 e. The molecule has 2 aromatic rings. The van der Waals surface area contributed by atoms with E-state index in [0.29, 0.717) is 30.2 Å². The van der Waals surface area contributed by atoms with Crippen molar-refractivity contribution in [3.8, 4) is 17.6 Å². The second-order valence-corrected chi connectivity index (χ2v) is 4.44. The van der Waals surface area contributed by atoms with Crippen molar-refractivity contribution in [1.29, 1.82) is 0 Å². The van der Waals surface area contributed by atoms with Crippen molar-refractivity contribution >= 4 is 11.6 Å². The lowest BCUT2D eigenvalue weighted by Crippen LogP contribution is -1.96. The van der Waals surface area contributed by atoms with Gasteiger partial charge in [0.25, 0.3) is 0 Å². The van der Waals surface area contributed by atoms with Crippen LogP contribution in [-0.4, -0.2) is 10.9 Å². The lowest BCUT2D eigenvalue weighted by molar-refractivity contribution is 0.304. The van der Waals surface area contributed by atoms with Gasteiger partial charge < -0.3 is 4.74 Å². The van der Waals surface area contributed by atoms with Gasteiger partial charge in [-0.25, -0.2) is 4.39 Å². The number of aromatic nitrogens is 1. The molecule has 1 aromatic carbocycles. The Morgan fingerprint density at radius 1 is 1.30 bits per heavy atom. The molecule has 0 aliphatic heterocycles. The fourth-order valence-electron chi connectivity index (χ4n) is 1.58. The number of alkyl halides is 1. The second kappa shape index (κ2) is 7.52. The highest BCUT2D eigenvalue weighted by molar-refractivity contribution is 6.18. The Hall–Kier alpha value is -2.05. The first kappa shape index (κ1) is 14.4. The van der Waals surface area contributed by atoms with Crippen LogP contribution in [0.25, 0.3) is 0 Å². The van der Waals surface area contributed by atoms with Gasteiger partial charge in [0.15, 0.2) is 0 Å². The second-order valence-electron chi connectivity index (χ2n) is 4.07. The number of nitrogens with zero attached hydrogens (tertiary/aromatic N) is 1. The summed E-state index contributed by atoms with van der Waals surface area (Å²) in [5.41, 5.74) is 1.50. The quantitative estimate of drug-likeness (QED) is 0.631. The van der Waals surface area contributed by atoms with Gasteiger partial charge in [0.1, 0.15) is 18.2 Å². The molecule has 0 saturated carbocycles. The summed E-state index contributed by atoms with van der Waals surface area (Å²) in [7, 11) is 0. The minimum atomic E-state index is -0.371. The Morgan fingerprint density at radius 2 is 2.20 bits per heavy atom. The monoisotopic (exact) mass is 289 g/mol. The maximum atomic E-state index is 13.5. The molecule has 0 radical (unpaired) electrons. The first-order chi connectivity index (χ1) is 9.78. The molecule has 0 bridgehead atoms. The van der Waals surface area contributed by atoms with Crippen LogP contribution < -0.4 is 4.74 Å². The van der Waals surface area contributed by atoms with Crippen LogP contribution in [0.2, 0.25) is 0 Å². The summed E-state index contributed by atoms with van der Waals surface area (Å²) in [4.78, 5) is 3.99. The fraction of sp³-hybridized carbons (Fsp3) is 0.188. The average molecular weight is 290 g/mol. The van der Waals surface area contributed by atoms with Crippen LogP contribution in [0.4, 0.5) is 4.39 Å². The normalized spacial score (nSPS) is 9.70. The molecule has 0 atom stereocenters. The van der Waals surface area contributed by atoms with Crippen LogP contribution >= 0.6 is 11.6 Å². The van der Waals surface area contributed by atoms with Crippen LogP contribution in [0.5, 0.6) is 5.75 Å². The fourth-order valence-corrected chi connectivity index (χ4v) is 1.67. The highest BCUT2D eigenvalue weighted by Gasteiger charge is 2.01. The Morgan fingerprint density at radius 3 is 2.95 bits per heavy atom. The van der Waals surface area contributed by atoms with Gasteiger partial charge in [-0.15, -0.1) is 11.6 Å². The molecule has 2 rings (SSSR count). The van der Waals surface area contributed by atoms with E-state index in [4.69, 9.17) is 16.3 Å². The zero-order valence-corrected chi connectivity index (χ0v) is 11.5. The molecule has 0 aliphatic rings.